The lowest BCUT2D eigenvalue weighted by molar-refractivity contribution is -0.140. The Morgan fingerprint density at radius 3 is 2.36 bits per heavy atom. The van der Waals surface area contributed by atoms with E-state index in [1.807, 2.05) is 50.2 Å². The number of ketones is 1. The Bertz CT molecular complexity index is 935. The number of aryl methyl sites for hydroxylation is 1. The van der Waals surface area contributed by atoms with Crippen LogP contribution in [0.1, 0.15) is 22.7 Å². The number of likely N-dealkylation sites (N-methyl/N-ethyl adjacent to an activating group) is 1. The van der Waals surface area contributed by atoms with E-state index < -0.39 is 23.5 Å². The lowest BCUT2D eigenvalue weighted by Crippen LogP contribution is -2.35. The summed E-state index contributed by atoms with van der Waals surface area (Å²) in [4.78, 5) is 29.0. The number of likely N-dealkylation sites (tertiary alicyclic amines) is 1. The number of halogens is 1. The first kappa shape index (κ1) is 19.8. The first-order valence-corrected chi connectivity index (χ1v) is 9.06. The molecule has 1 heterocycles. The van der Waals surface area contributed by atoms with Crippen molar-refractivity contribution in [2.24, 2.45) is 0 Å². The number of carbonyl (C=O) groups excluding carboxylic acids is 2. The summed E-state index contributed by atoms with van der Waals surface area (Å²) in [5, 5.41) is 10.9. The standard InChI is InChI=1S/C22H23FN2O3/c1-14-6-4-5-7-17(14)19-18(20(26)15-8-10-16(23)11-9-15)21(27)22(28)25(19)13-12-24(2)3/h4-11,19,26H,12-13H2,1-3H3/b20-18-. The van der Waals surface area contributed by atoms with E-state index in [2.05, 4.69) is 0 Å². The summed E-state index contributed by atoms with van der Waals surface area (Å²) in [5.74, 6) is -2.11. The van der Waals surface area contributed by atoms with Gasteiger partial charge in [0.1, 0.15) is 11.6 Å². The molecule has 2 aromatic rings. The maximum absolute atomic E-state index is 13.3. The highest BCUT2D eigenvalue weighted by Gasteiger charge is 2.46. The molecule has 28 heavy (non-hydrogen) atoms. The molecule has 0 radical (unpaired) electrons. The number of hydrogen-bond donors (Lipinski definition) is 1. The fourth-order valence-corrected chi connectivity index (χ4v) is 3.40. The van der Waals surface area contributed by atoms with Gasteiger partial charge < -0.3 is 14.9 Å². The zero-order valence-electron chi connectivity index (χ0n) is 16.1. The van der Waals surface area contributed by atoms with Crippen LogP contribution in [0.2, 0.25) is 0 Å². The third kappa shape index (κ3) is 3.68. The molecule has 6 heteroatoms. The Kier molecular flexibility index (Phi) is 5.61. The molecule has 0 aliphatic carbocycles. The van der Waals surface area contributed by atoms with Crippen molar-refractivity contribution < 1.29 is 19.1 Å². The van der Waals surface area contributed by atoms with Crippen LogP contribution >= 0.6 is 0 Å². The second-order valence-corrected chi connectivity index (χ2v) is 7.16. The predicted molar refractivity (Wildman–Crippen MR) is 105 cm³/mol. The fraction of sp³-hybridized carbons (Fsp3) is 0.273. The number of Topliss-reactive ketones (excluding diaryl/α,β-unsaturated/α-hetero) is 1. The van der Waals surface area contributed by atoms with Crippen LogP contribution in [0.3, 0.4) is 0 Å². The van der Waals surface area contributed by atoms with Gasteiger partial charge in [0.15, 0.2) is 0 Å². The van der Waals surface area contributed by atoms with Gasteiger partial charge in [-0.1, -0.05) is 24.3 Å². The summed E-state index contributed by atoms with van der Waals surface area (Å²) in [7, 11) is 3.77. The van der Waals surface area contributed by atoms with E-state index in [0.717, 1.165) is 11.1 Å². The van der Waals surface area contributed by atoms with Gasteiger partial charge in [-0.15, -0.1) is 0 Å². The van der Waals surface area contributed by atoms with Crippen LogP contribution in [0, 0.1) is 12.7 Å². The van der Waals surface area contributed by atoms with Crippen molar-refractivity contribution in [3.8, 4) is 0 Å². The average molecular weight is 382 g/mol. The van der Waals surface area contributed by atoms with Crippen molar-refractivity contribution in [3.63, 3.8) is 0 Å². The minimum Gasteiger partial charge on any atom is -0.507 e. The van der Waals surface area contributed by atoms with Gasteiger partial charge in [0, 0.05) is 18.7 Å². The Labute approximate surface area is 163 Å². The van der Waals surface area contributed by atoms with Gasteiger partial charge in [-0.2, -0.15) is 0 Å². The van der Waals surface area contributed by atoms with E-state index in [-0.39, 0.29) is 11.3 Å². The highest BCUT2D eigenvalue weighted by atomic mass is 19.1. The number of rotatable bonds is 5. The van der Waals surface area contributed by atoms with E-state index in [1.165, 1.54) is 29.2 Å². The van der Waals surface area contributed by atoms with Gasteiger partial charge in [-0.3, -0.25) is 9.59 Å². The maximum Gasteiger partial charge on any atom is 0.295 e. The smallest absolute Gasteiger partial charge is 0.295 e. The SMILES string of the molecule is Cc1ccccc1C1/C(=C(/O)c2ccc(F)cc2)C(=O)C(=O)N1CCN(C)C. The number of aliphatic hydroxyl groups excluding tert-OH is 1. The highest BCUT2D eigenvalue weighted by molar-refractivity contribution is 6.46. The van der Waals surface area contributed by atoms with Gasteiger partial charge >= 0.3 is 0 Å². The third-order valence-electron chi connectivity index (χ3n) is 4.93. The van der Waals surface area contributed by atoms with Gasteiger partial charge in [-0.05, 0) is 56.4 Å². The van der Waals surface area contributed by atoms with Crippen LogP contribution in [0.4, 0.5) is 4.39 Å². The van der Waals surface area contributed by atoms with Gasteiger partial charge in [0.2, 0.25) is 0 Å². The van der Waals surface area contributed by atoms with Gasteiger partial charge in [-0.25, -0.2) is 4.39 Å². The molecule has 146 valence electrons. The molecular formula is C22H23FN2O3. The second-order valence-electron chi connectivity index (χ2n) is 7.16. The Morgan fingerprint density at radius 1 is 1.11 bits per heavy atom. The number of hydrogen-bond acceptors (Lipinski definition) is 4. The van der Waals surface area contributed by atoms with E-state index in [1.54, 1.807) is 0 Å². The third-order valence-corrected chi connectivity index (χ3v) is 4.93. The van der Waals surface area contributed by atoms with Gasteiger partial charge in [0.05, 0.1) is 11.6 Å². The number of aliphatic hydroxyl groups is 1. The maximum atomic E-state index is 13.3. The minimum atomic E-state index is -0.728. The van der Waals surface area contributed by atoms with Crippen molar-refractivity contribution in [2.45, 2.75) is 13.0 Å². The van der Waals surface area contributed by atoms with Crippen LogP contribution in [0.15, 0.2) is 54.1 Å². The molecule has 5 nitrogen and oxygen atoms in total. The highest BCUT2D eigenvalue weighted by Crippen LogP contribution is 2.40. The van der Waals surface area contributed by atoms with E-state index >= 15 is 0 Å². The van der Waals surface area contributed by atoms with Crippen molar-refractivity contribution in [1.29, 1.82) is 0 Å². The largest absolute Gasteiger partial charge is 0.507 e. The Hall–Kier alpha value is -2.99. The summed E-state index contributed by atoms with van der Waals surface area (Å²) in [6.07, 6.45) is 0. The first-order valence-electron chi connectivity index (χ1n) is 9.06. The second kappa shape index (κ2) is 7.94. The first-order chi connectivity index (χ1) is 13.3. The summed E-state index contributed by atoms with van der Waals surface area (Å²) in [6, 6.07) is 12.0. The van der Waals surface area contributed by atoms with Gasteiger partial charge in [0.25, 0.3) is 11.7 Å². The molecule has 0 bridgehead atoms. The van der Waals surface area contributed by atoms with Crippen LogP contribution in [-0.4, -0.2) is 53.8 Å². The van der Waals surface area contributed by atoms with Crippen LogP contribution in [0.25, 0.3) is 5.76 Å². The van der Waals surface area contributed by atoms with Crippen molar-refractivity contribution >= 4 is 17.4 Å². The molecule has 1 amide bonds. The molecule has 0 spiro atoms. The molecule has 1 unspecified atom stereocenters. The summed E-state index contributed by atoms with van der Waals surface area (Å²) in [5.41, 5.74) is 2.02. The molecule has 0 aromatic heterocycles. The predicted octanol–water partition coefficient (Wildman–Crippen LogP) is 3.12. The van der Waals surface area contributed by atoms with Crippen molar-refractivity contribution in [1.82, 2.24) is 9.80 Å². The number of carbonyl (C=O) groups is 2. The molecule has 3 rings (SSSR count). The molecule has 1 aliphatic heterocycles. The fourth-order valence-electron chi connectivity index (χ4n) is 3.40. The van der Waals surface area contributed by atoms with E-state index in [0.29, 0.717) is 18.7 Å². The van der Waals surface area contributed by atoms with Crippen molar-refractivity contribution in [2.75, 3.05) is 27.2 Å². The quantitative estimate of drug-likeness (QED) is 0.490. The summed E-state index contributed by atoms with van der Waals surface area (Å²) >= 11 is 0. The average Bonchev–Trinajstić information content (AvgIpc) is 2.91. The molecule has 1 fully saturated rings. The minimum absolute atomic E-state index is 0.0321. The lowest BCUT2D eigenvalue weighted by atomic mass is 9.92. The van der Waals surface area contributed by atoms with Crippen LogP contribution in [0.5, 0.6) is 0 Å². The summed E-state index contributed by atoms with van der Waals surface area (Å²) in [6.45, 7) is 2.82. The Balaban J connectivity index is 2.16. The molecule has 1 N–H and O–H groups in total. The molecule has 2 aromatic carbocycles. The molecule has 1 saturated heterocycles. The zero-order valence-corrected chi connectivity index (χ0v) is 16.1. The topological polar surface area (TPSA) is 60.9 Å². The Morgan fingerprint density at radius 2 is 1.75 bits per heavy atom. The lowest BCUT2D eigenvalue weighted by Gasteiger charge is -2.27. The monoisotopic (exact) mass is 382 g/mol. The van der Waals surface area contributed by atoms with E-state index in [9.17, 15) is 19.1 Å². The number of nitrogens with zero attached hydrogens (tertiary/aromatic N) is 2. The summed E-state index contributed by atoms with van der Waals surface area (Å²) < 4.78 is 13.3. The van der Waals surface area contributed by atoms with Crippen LogP contribution < -0.4 is 0 Å². The number of amides is 1. The number of benzene rings is 2. The molecule has 1 atom stereocenters. The molecular weight excluding hydrogens is 359 g/mol. The molecule has 0 saturated carbocycles. The van der Waals surface area contributed by atoms with Crippen molar-refractivity contribution in [3.05, 3.63) is 76.6 Å². The normalized spacial score (nSPS) is 18.9. The van der Waals surface area contributed by atoms with E-state index in [4.69, 9.17) is 0 Å². The molecule has 1 aliphatic rings. The van der Waals surface area contributed by atoms with Crippen LogP contribution in [-0.2, 0) is 9.59 Å². The zero-order chi connectivity index (χ0) is 20.4.